The van der Waals surface area contributed by atoms with Gasteiger partial charge >= 0.3 is 0 Å². The van der Waals surface area contributed by atoms with E-state index in [9.17, 15) is 9.59 Å². The Morgan fingerprint density at radius 1 is 1.10 bits per heavy atom. The van der Waals surface area contributed by atoms with Crippen LogP contribution in [0.1, 0.15) is 20.7 Å². The molecule has 0 saturated heterocycles. The molecule has 0 spiro atoms. The third kappa shape index (κ3) is 3.45. The van der Waals surface area contributed by atoms with Gasteiger partial charge in [0.15, 0.2) is 12.4 Å². The topological polar surface area (TPSA) is 52.6 Å². The summed E-state index contributed by atoms with van der Waals surface area (Å²) in [6.45, 7) is -0.0878. The van der Waals surface area contributed by atoms with Gasteiger partial charge in [-0.3, -0.25) is 9.59 Å². The summed E-state index contributed by atoms with van der Waals surface area (Å²) in [7, 11) is 1.55. The van der Waals surface area contributed by atoms with Crippen LogP contribution in [0.25, 0.3) is 0 Å². The number of carbonyl (C=O) groups is 2. The molecule has 0 heterocycles. The van der Waals surface area contributed by atoms with E-state index in [-0.39, 0.29) is 12.4 Å². The molecule has 0 N–H and O–H groups in total. The van der Waals surface area contributed by atoms with E-state index in [2.05, 4.69) is 0 Å². The van der Waals surface area contributed by atoms with Crippen molar-refractivity contribution in [2.24, 2.45) is 0 Å². The molecule has 0 aliphatic heterocycles. The smallest absolute Gasteiger partial charge is 0.200 e. The lowest BCUT2D eigenvalue weighted by Gasteiger charge is -2.07. The number of ketones is 1. The van der Waals surface area contributed by atoms with Gasteiger partial charge in [0.25, 0.3) is 0 Å². The molecule has 0 atom stereocenters. The highest BCUT2D eigenvalue weighted by atomic mass is 16.5. The van der Waals surface area contributed by atoms with Crippen LogP contribution in [0.2, 0.25) is 0 Å². The average molecular weight is 270 g/mol. The fraction of sp³-hybridized carbons (Fsp3) is 0.125. The summed E-state index contributed by atoms with van der Waals surface area (Å²) >= 11 is 0. The summed E-state index contributed by atoms with van der Waals surface area (Å²) in [5.74, 6) is 0.963. The SMILES string of the molecule is COc1cccc(C(=O)COc2cccc(C=O)c2)c1. The highest BCUT2D eigenvalue weighted by Gasteiger charge is 2.08. The maximum absolute atomic E-state index is 12.0. The molecule has 0 radical (unpaired) electrons. The molecule has 0 aliphatic rings. The number of rotatable bonds is 6. The van der Waals surface area contributed by atoms with Crippen LogP contribution in [0.5, 0.6) is 11.5 Å². The van der Waals surface area contributed by atoms with E-state index in [1.54, 1.807) is 55.6 Å². The molecule has 0 aliphatic carbocycles. The minimum Gasteiger partial charge on any atom is -0.497 e. The quantitative estimate of drug-likeness (QED) is 0.598. The van der Waals surface area contributed by atoms with E-state index in [0.717, 1.165) is 6.29 Å². The number of carbonyl (C=O) groups excluding carboxylic acids is 2. The Morgan fingerprint density at radius 2 is 1.85 bits per heavy atom. The second kappa shape index (κ2) is 6.52. The lowest BCUT2D eigenvalue weighted by atomic mass is 10.1. The fourth-order valence-corrected chi connectivity index (χ4v) is 1.71. The van der Waals surface area contributed by atoms with E-state index in [0.29, 0.717) is 22.6 Å². The number of aldehydes is 1. The maximum Gasteiger partial charge on any atom is 0.200 e. The van der Waals surface area contributed by atoms with Crippen LogP contribution in [0.3, 0.4) is 0 Å². The van der Waals surface area contributed by atoms with Gasteiger partial charge in [0.2, 0.25) is 0 Å². The Bertz CT molecular complexity index is 619. The van der Waals surface area contributed by atoms with Gasteiger partial charge in [-0.25, -0.2) is 0 Å². The first-order valence-corrected chi connectivity index (χ1v) is 6.08. The van der Waals surface area contributed by atoms with E-state index in [1.807, 2.05) is 0 Å². The Hall–Kier alpha value is -2.62. The van der Waals surface area contributed by atoms with Crippen molar-refractivity contribution in [2.75, 3.05) is 13.7 Å². The molecule has 0 aromatic heterocycles. The van der Waals surface area contributed by atoms with E-state index in [1.165, 1.54) is 0 Å². The molecule has 102 valence electrons. The molecule has 4 nitrogen and oxygen atoms in total. The molecule has 0 unspecified atom stereocenters. The lowest BCUT2D eigenvalue weighted by Crippen LogP contribution is -2.11. The summed E-state index contributed by atoms with van der Waals surface area (Å²) in [6, 6.07) is 13.5. The second-order valence-electron chi connectivity index (χ2n) is 4.13. The second-order valence-corrected chi connectivity index (χ2v) is 4.13. The summed E-state index contributed by atoms with van der Waals surface area (Å²) in [6.07, 6.45) is 0.733. The van der Waals surface area contributed by atoms with Gasteiger partial charge < -0.3 is 9.47 Å². The van der Waals surface area contributed by atoms with Crippen LogP contribution in [0.15, 0.2) is 48.5 Å². The van der Waals surface area contributed by atoms with E-state index >= 15 is 0 Å². The van der Waals surface area contributed by atoms with Crippen molar-refractivity contribution in [3.05, 3.63) is 59.7 Å². The van der Waals surface area contributed by atoms with Gasteiger partial charge in [-0.1, -0.05) is 24.3 Å². The Labute approximate surface area is 116 Å². The number of methoxy groups -OCH3 is 1. The summed E-state index contributed by atoms with van der Waals surface area (Å²) < 4.78 is 10.5. The first-order chi connectivity index (χ1) is 9.72. The van der Waals surface area contributed by atoms with Gasteiger partial charge in [0, 0.05) is 11.1 Å². The van der Waals surface area contributed by atoms with Gasteiger partial charge in [-0.15, -0.1) is 0 Å². The van der Waals surface area contributed by atoms with Crippen molar-refractivity contribution >= 4 is 12.1 Å². The van der Waals surface area contributed by atoms with Gasteiger partial charge in [0.05, 0.1) is 7.11 Å². The standard InChI is InChI=1S/C16H14O4/c1-19-14-6-3-5-13(9-14)16(18)11-20-15-7-2-4-12(8-15)10-17/h2-10H,11H2,1H3. The maximum atomic E-state index is 12.0. The summed E-state index contributed by atoms with van der Waals surface area (Å²) in [5.41, 5.74) is 1.03. The zero-order chi connectivity index (χ0) is 14.4. The Morgan fingerprint density at radius 3 is 2.60 bits per heavy atom. The molecule has 4 heteroatoms. The van der Waals surface area contributed by atoms with Crippen molar-refractivity contribution < 1.29 is 19.1 Å². The fourth-order valence-electron chi connectivity index (χ4n) is 1.71. The highest BCUT2D eigenvalue weighted by Crippen LogP contribution is 2.15. The zero-order valence-electron chi connectivity index (χ0n) is 11.0. The van der Waals surface area contributed by atoms with Crippen molar-refractivity contribution in [3.63, 3.8) is 0 Å². The van der Waals surface area contributed by atoms with Crippen LogP contribution in [-0.4, -0.2) is 25.8 Å². The van der Waals surface area contributed by atoms with Crippen LogP contribution in [0, 0.1) is 0 Å². The first-order valence-electron chi connectivity index (χ1n) is 6.08. The van der Waals surface area contributed by atoms with Crippen LogP contribution < -0.4 is 9.47 Å². The summed E-state index contributed by atoms with van der Waals surface area (Å²) in [4.78, 5) is 22.6. The molecule has 0 bridgehead atoms. The molecule has 0 amide bonds. The predicted octanol–water partition coefficient (Wildman–Crippen LogP) is 2.77. The number of Topliss-reactive ketones (excluding diaryl/α,β-unsaturated/α-hetero) is 1. The average Bonchev–Trinajstić information content (AvgIpc) is 2.52. The third-order valence-electron chi connectivity index (χ3n) is 2.76. The largest absolute Gasteiger partial charge is 0.497 e. The molecule has 2 rings (SSSR count). The molecular formula is C16H14O4. The first kappa shape index (κ1) is 13.8. The van der Waals surface area contributed by atoms with Crippen molar-refractivity contribution in [1.82, 2.24) is 0 Å². The normalized spacial score (nSPS) is 9.85. The molecule has 0 fully saturated rings. The molecule has 20 heavy (non-hydrogen) atoms. The van der Waals surface area contributed by atoms with Crippen LogP contribution >= 0.6 is 0 Å². The van der Waals surface area contributed by atoms with Crippen molar-refractivity contribution in [1.29, 1.82) is 0 Å². The van der Waals surface area contributed by atoms with E-state index < -0.39 is 0 Å². The zero-order valence-corrected chi connectivity index (χ0v) is 11.0. The minimum atomic E-state index is -0.152. The highest BCUT2D eigenvalue weighted by molar-refractivity contribution is 5.97. The van der Waals surface area contributed by atoms with Crippen molar-refractivity contribution in [3.8, 4) is 11.5 Å². The van der Waals surface area contributed by atoms with Gasteiger partial charge in [-0.2, -0.15) is 0 Å². The van der Waals surface area contributed by atoms with Crippen molar-refractivity contribution in [2.45, 2.75) is 0 Å². The predicted molar refractivity (Wildman–Crippen MR) is 74.6 cm³/mol. The number of ether oxygens (including phenoxy) is 2. The number of hydrogen-bond acceptors (Lipinski definition) is 4. The van der Waals surface area contributed by atoms with Gasteiger partial charge in [0.1, 0.15) is 17.8 Å². The molecule has 0 saturated carbocycles. The Kier molecular flexibility index (Phi) is 4.50. The molecule has 2 aromatic carbocycles. The number of hydrogen-bond donors (Lipinski definition) is 0. The number of benzene rings is 2. The van der Waals surface area contributed by atoms with Crippen LogP contribution in [0.4, 0.5) is 0 Å². The van der Waals surface area contributed by atoms with Gasteiger partial charge in [-0.05, 0) is 24.3 Å². The lowest BCUT2D eigenvalue weighted by molar-refractivity contribution is 0.0921. The van der Waals surface area contributed by atoms with Crippen LogP contribution in [-0.2, 0) is 0 Å². The molecular weight excluding hydrogens is 256 g/mol. The summed E-state index contributed by atoms with van der Waals surface area (Å²) in [5, 5.41) is 0. The Balaban J connectivity index is 2.02. The third-order valence-corrected chi connectivity index (χ3v) is 2.76. The van der Waals surface area contributed by atoms with E-state index in [4.69, 9.17) is 9.47 Å². The minimum absolute atomic E-state index is 0.0878. The monoisotopic (exact) mass is 270 g/mol. The molecule has 2 aromatic rings.